The normalized spacial score (nSPS) is 15.4. The summed E-state index contributed by atoms with van der Waals surface area (Å²) in [6, 6.07) is 2.21. The molecular weight excluding hydrogens is 388 g/mol. The molecule has 0 aliphatic carbocycles. The number of benzene rings is 1. The van der Waals surface area contributed by atoms with Crippen molar-refractivity contribution in [3.8, 4) is 16.3 Å². The molecule has 1 aromatic carbocycles. The Hall–Kier alpha value is -2.78. The number of piperidine rings is 1. The van der Waals surface area contributed by atoms with Gasteiger partial charge in [0.15, 0.2) is 5.65 Å². The summed E-state index contributed by atoms with van der Waals surface area (Å²) in [6.07, 6.45) is 5.49. The molecule has 1 aliphatic heterocycles. The molecule has 0 atom stereocenters. The molecule has 0 saturated carbocycles. The van der Waals surface area contributed by atoms with Crippen LogP contribution in [-0.2, 0) is 7.05 Å². The number of aryl methyl sites for hydroxylation is 2. The lowest BCUT2D eigenvalue weighted by atomic mass is 10.1. The first-order chi connectivity index (χ1) is 14.1. The van der Waals surface area contributed by atoms with Crippen molar-refractivity contribution in [3.05, 3.63) is 34.5 Å². The molecule has 4 aromatic rings. The molecule has 9 heteroatoms. The molecule has 1 N–H and O–H groups in total. The molecule has 3 aromatic heterocycles. The third kappa shape index (κ3) is 2.92. The maximum absolute atomic E-state index is 13.1. The molecular formula is C20H22N6O2S. The van der Waals surface area contributed by atoms with Gasteiger partial charge < -0.3 is 10.1 Å². The summed E-state index contributed by atoms with van der Waals surface area (Å²) in [4.78, 5) is 22.3. The Morgan fingerprint density at radius 3 is 2.86 bits per heavy atom. The van der Waals surface area contributed by atoms with Gasteiger partial charge >= 0.3 is 0 Å². The van der Waals surface area contributed by atoms with E-state index in [0.717, 1.165) is 58.7 Å². The van der Waals surface area contributed by atoms with Gasteiger partial charge in [0.2, 0.25) is 0 Å². The van der Waals surface area contributed by atoms with Crippen LogP contribution in [0.3, 0.4) is 0 Å². The fourth-order valence-electron chi connectivity index (χ4n) is 4.14. The number of aromatic nitrogens is 5. The Morgan fingerprint density at radius 2 is 2.10 bits per heavy atom. The van der Waals surface area contributed by atoms with Crippen molar-refractivity contribution in [2.24, 2.45) is 7.05 Å². The van der Waals surface area contributed by atoms with E-state index in [4.69, 9.17) is 4.74 Å². The molecule has 1 saturated heterocycles. The molecule has 0 spiro atoms. The van der Waals surface area contributed by atoms with Crippen LogP contribution in [0.1, 0.15) is 24.4 Å². The number of nitrogens with zero attached hydrogens (tertiary/aromatic N) is 5. The van der Waals surface area contributed by atoms with Gasteiger partial charge in [0.05, 0.1) is 18.2 Å². The molecule has 0 amide bonds. The van der Waals surface area contributed by atoms with Crippen molar-refractivity contribution >= 4 is 32.6 Å². The van der Waals surface area contributed by atoms with Crippen LogP contribution in [0.4, 0.5) is 0 Å². The summed E-state index contributed by atoms with van der Waals surface area (Å²) >= 11 is 1.38. The number of nitrogens with one attached hydrogen (secondary N) is 1. The highest BCUT2D eigenvalue weighted by Crippen LogP contribution is 2.40. The Morgan fingerprint density at radius 1 is 1.31 bits per heavy atom. The van der Waals surface area contributed by atoms with Gasteiger partial charge in [-0.05, 0) is 38.9 Å². The van der Waals surface area contributed by atoms with Crippen molar-refractivity contribution in [1.82, 2.24) is 29.6 Å². The maximum Gasteiger partial charge on any atom is 0.273 e. The number of fused-ring (bicyclic) bond motifs is 2. The average molecular weight is 411 g/mol. The molecule has 1 aliphatic rings. The number of rotatable bonds is 3. The summed E-state index contributed by atoms with van der Waals surface area (Å²) in [7, 11) is 3.55. The Bertz CT molecular complexity index is 1280. The first-order valence-corrected chi connectivity index (χ1v) is 10.5. The van der Waals surface area contributed by atoms with Gasteiger partial charge in [-0.15, -0.1) is 11.3 Å². The quantitative estimate of drug-likeness (QED) is 0.559. The van der Waals surface area contributed by atoms with E-state index >= 15 is 0 Å². The molecule has 8 nitrogen and oxygen atoms in total. The van der Waals surface area contributed by atoms with E-state index in [1.807, 2.05) is 26.2 Å². The lowest BCUT2D eigenvalue weighted by molar-refractivity contribution is 0.359. The summed E-state index contributed by atoms with van der Waals surface area (Å²) in [5, 5.41) is 9.61. The van der Waals surface area contributed by atoms with Crippen LogP contribution in [0, 0.1) is 6.92 Å². The smallest absolute Gasteiger partial charge is 0.273 e. The van der Waals surface area contributed by atoms with Crippen molar-refractivity contribution in [2.75, 3.05) is 20.2 Å². The molecule has 29 heavy (non-hydrogen) atoms. The maximum atomic E-state index is 13.1. The standard InChI is InChI=1S/C20H22N6O2S/c1-11-15-12(9-25(2)24-15)8-14(16(11)28-3)19-23-18-17(29-19)20(27)26(10-22-18)13-4-6-21-7-5-13/h8-10,13,21H,4-7H2,1-3H3. The molecule has 0 bridgehead atoms. The Labute approximate surface area is 171 Å². The molecule has 150 valence electrons. The number of hydrogen-bond donors (Lipinski definition) is 1. The average Bonchev–Trinajstić information content (AvgIpc) is 3.32. The topological polar surface area (TPSA) is 86.9 Å². The highest BCUT2D eigenvalue weighted by molar-refractivity contribution is 7.21. The second-order valence-electron chi connectivity index (χ2n) is 7.43. The van der Waals surface area contributed by atoms with Crippen LogP contribution in [0.15, 0.2) is 23.4 Å². The summed E-state index contributed by atoms with van der Waals surface area (Å²) < 4.78 is 9.86. The summed E-state index contributed by atoms with van der Waals surface area (Å²) in [5.74, 6) is 0.730. The largest absolute Gasteiger partial charge is 0.496 e. The Balaban J connectivity index is 1.68. The zero-order valence-corrected chi connectivity index (χ0v) is 17.4. The molecule has 4 heterocycles. The van der Waals surface area contributed by atoms with E-state index < -0.39 is 0 Å². The fraction of sp³-hybridized carbons (Fsp3) is 0.400. The number of methoxy groups -OCH3 is 1. The Kier molecular flexibility index (Phi) is 4.36. The third-order valence-corrected chi connectivity index (χ3v) is 6.64. The highest BCUT2D eigenvalue weighted by atomic mass is 32.1. The molecule has 0 unspecified atom stereocenters. The number of hydrogen-bond acceptors (Lipinski definition) is 7. The highest BCUT2D eigenvalue weighted by Gasteiger charge is 2.22. The van der Waals surface area contributed by atoms with Crippen LogP contribution in [-0.4, -0.2) is 44.5 Å². The van der Waals surface area contributed by atoms with Crippen LogP contribution < -0.4 is 15.6 Å². The molecule has 0 radical (unpaired) electrons. The van der Waals surface area contributed by atoms with E-state index in [1.165, 1.54) is 11.3 Å². The molecule has 5 rings (SSSR count). The van der Waals surface area contributed by atoms with E-state index in [2.05, 4.69) is 20.4 Å². The first kappa shape index (κ1) is 18.3. The van der Waals surface area contributed by atoms with Crippen molar-refractivity contribution in [3.63, 3.8) is 0 Å². The van der Waals surface area contributed by atoms with Gasteiger partial charge in [0.25, 0.3) is 5.56 Å². The van der Waals surface area contributed by atoms with Gasteiger partial charge in [-0.1, -0.05) is 0 Å². The van der Waals surface area contributed by atoms with Gasteiger partial charge in [-0.25, -0.2) is 9.97 Å². The van der Waals surface area contributed by atoms with Gasteiger partial charge in [0, 0.05) is 30.2 Å². The van der Waals surface area contributed by atoms with Crippen molar-refractivity contribution in [1.29, 1.82) is 0 Å². The van der Waals surface area contributed by atoms with Gasteiger partial charge in [-0.3, -0.25) is 14.0 Å². The zero-order valence-electron chi connectivity index (χ0n) is 16.6. The van der Waals surface area contributed by atoms with E-state index in [1.54, 1.807) is 22.7 Å². The lowest BCUT2D eigenvalue weighted by Crippen LogP contribution is -2.34. The third-order valence-electron chi connectivity index (χ3n) is 5.58. The minimum atomic E-state index is -0.0104. The minimum Gasteiger partial charge on any atom is -0.496 e. The molecule has 1 fully saturated rings. The van der Waals surface area contributed by atoms with Gasteiger partial charge in [-0.2, -0.15) is 5.10 Å². The first-order valence-electron chi connectivity index (χ1n) is 9.66. The summed E-state index contributed by atoms with van der Waals surface area (Å²) in [5.41, 5.74) is 3.21. The van der Waals surface area contributed by atoms with Crippen molar-refractivity contribution < 1.29 is 4.74 Å². The van der Waals surface area contributed by atoms with Gasteiger partial charge in [0.1, 0.15) is 21.8 Å². The van der Waals surface area contributed by atoms with Crippen LogP contribution in [0.5, 0.6) is 5.75 Å². The number of thiazole rings is 1. The predicted molar refractivity (Wildman–Crippen MR) is 114 cm³/mol. The second kappa shape index (κ2) is 6.93. The van der Waals surface area contributed by atoms with E-state index in [0.29, 0.717) is 10.3 Å². The van der Waals surface area contributed by atoms with E-state index in [9.17, 15) is 4.79 Å². The predicted octanol–water partition coefficient (Wildman–Crippen LogP) is 2.65. The minimum absolute atomic E-state index is 0.0104. The van der Waals surface area contributed by atoms with Crippen LogP contribution >= 0.6 is 11.3 Å². The van der Waals surface area contributed by atoms with Crippen LogP contribution in [0.2, 0.25) is 0 Å². The summed E-state index contributed by atoms with van der Waals surface area (Å²) in [6.45, 7) is 3.84. The zero-order chi connectivity index (χ0) is 20.1. The lowest BCUT2D eigenvalue weighted by Gasteiger charge is -2.24. The monoisotopic (exact) mass is 410 g/mol. The van der Waals surface area contributed by atoms with Crippen LogP contribution in [0.25, 0.3) is 31.8 Å². The van der Waals surface area contributed by atoms with Crippen molar-refractivity contribution in [2.45, 2.75) is 25.8 Å². The SMILES string of the molecule is COc1c(-c2nc3ncn(C4CCNCC4)c(=O)c3s2)cc2cn(C)nc2c1C. The second-order valence-corrected chi connectivity index (χ2v) is 8.43. The number of ether oxygens (including phenoxy) is 1. The fourth-order valence-corrected chi connectivity index (χ4v) is 5.11. The van der Waals surface area contributed by atoms with E-state index in [-0.39, 0.29) is 11.6 Å².